The third kappa shape index (κ3) is 5.87. The smallest absolute Gasteiger partial charge is 0.338 e. The summed E-state index contributed by atoms with van der Waals surface area (Å²) in [4.78, 5) is 28.0. The Morgan fingerprint density at radius 1 is 1.19 bits per heavy atom. The molecule has 0 radical (unpaired) electrons. The number of aryl methyl sites for hydroxylation is 1. The highest BCUT2D eigenvalue weighted by Gasteiger charge is 2.18. The average molecular weight is 361 g/mol. The van der Waals surface area contributed by atoms with E-state index in [9.17, 15) is 9.59 Å². The van der Waals surface area contributed by atoms with Crippen molar-refractivity contribution in [2.45, 2.75) is 40.4 Å². The van der Waals surface area contributed by atoms with Crippen LogP contribution in [0.25, 0.3) is 0 Å². The van der Waals surface area contributed by atoms with Crippen molar-refractivity contribution in [1.82, 2.24) is 15.5 Å². The normalized spacial score (nSPS) is 11.9. The minimum atomic E-state index is -0.862. The summed E-state index contributed by atoms with van der Waals surface area (Å²) in [6.07, 6.45) is -0.862. The molecule has 8 nitrogen and oxygen atoms in total. The standard InChI is InChI=1S/C18H23N3O5/c1-11(2)9-19-17(22)12(3)25-18(23)14-5-7-15(8-6-14)24-10-16-20-13(4)26-21-16/h5-8,11-12H,9-10H2,1-4H3,(H,19,22). The van der Waals surface area contributed by atoms with Gasteiger partial charge in [-0.1, -0.05) is 19.0 Å². The van der Waals surface area contributed by atoms with E-state index in [1.807, 2.05) is 13.8 Å². The van der Waals surface area contributed by atoms with E-state index in [2.05, 4.69) is 15.5 Å². The molecule has 0 saturated carbocycles. The van der Waals surface area contributed by atoms with Crippen molar-refractivity contribution in [2.24, 2.45) is 5.92 Å². The molecular formula is C18H23N3O5. The zero-order valence-electron chi connectivity index (χ0n) is 15.3. The van der Waals surface area contributed by atoms with E-state index in [0.717, 1.165) is 0 Å². The van der Waals surface area contributed by atoms with Gasteiger partial charge in [0.25, 0.3) is 5.91 Å². The first kappa shape index (κ1) is 19.4. The maximum atomic E-state index is 12.1. The predicted molar refractivity (Wildman–Crippen MR) is 92.5 cm³/mol. The van der Waals surface area contributed by atoms with Gasteiger partial charge in [-0.25, -0.2) is 4.79 Å². The van der Waals surface area contributed by atoms with Crippen LogP contribution in [0.5, 0.6) is 5.75 Å². The van der Waals surface area contributed by atoms with Crippen LogP contribution in [0.2, 0.25) is 0 Å². The van der Waals surface area contributed by atoms with Gasteiger partial charge >= 0.3 is 5.97 Å². The molecule has 1 unspecified atom stereocenters. The van der Waals surface area contributed by atoms with E-state index in [1.165, 1.54) is 6.92 Å². The number of amides is 1. The summed E-state index contributed by atoms with van der Waals surface area (Å²) >= 11 is 0. The number of esters is 1. The number of nitrogens with one attached hydrogen (secondary N) is 1. The van der Waals surface area contributed by atoms with Gasteiger partial charge in [-0.2, -0.15) is 4.98 Å². The maximum Gasteiger partial charge on any atom is 0.338 e. The third-order valence-corrected chi connectivity index (χ3v) is 3.37. The van der Waals surface area contributed by atoms with Gasteiger partial charge in [-0.05, 0) is 37.1 Å². The van der Waals surface area contributed by atoms with Crippen LogP contribution in [0.4, 0.5) is 0 Å². The minimum absolute atomic E-state index is 0.161. The van der Waals surface area contributed by atoms with E-state index in [1.54, 1.807) is 31.2 Å². The second-order valence-electron chi connectivity index (χ2n) is 6.23. The number of benzene rings is 1. The molecule has 0 spiro atoms. The lowest BCUT2D eigenvalue weighted by molar-refractivity contribution is -0.129. The van der Waals surface area contributed by atoms with Crippen LogP contribution in [-0.2, 0) is 16.1 Å². The summed E-state index contributed by atoms with van der Waals surface area (Å²) < 4.78 is 15.5. The number of nitrogens with zero attached hydrogens (tertiary/aromatic N) is 2. The van der Waals surface area contributed by atoms with Crippen molar-refractivity contribution in [3.63, 3.8) is 0 Å². The van der Waals surface area contributed by atoms with Crippen molar-refractivity contribution < 1.29 is 23.6 Å². The molecular weight excluding hydrogens is 338 g/mol. The molecule has 0 bridgehead atoms. The first-order valence-corrected chi connectivity index (χ1v) is 8.36. The molecule has 1 N–H and O–H groups in total. The van der Waals surface area contributed by atoms with Gasteiger partial charge < -0.3 is 19.3 Å². The Hall–Kier alpha value is -2.90. The molecule has 1 atom stereocenters. The average Bonchev–Trinajstić information content (AvgIpc) is 3.03. The summed E-state index contributed by atoms with van der Waals surface area (Å²) in [6.45, 7) is 7.90. The molecule has 1 aromatic carbocycles. The van der Waals surface area contributed by atoms with Gasteiger partial charge in [-0.3, -0.25) is 4.79 Å². The number of aromatic nitrogens is 2. The topological polar surface area (TPSA) is 104 Å². The number of carbonyl (C=O) groups excluding carboxylic acids is 2. The molecule has 0 aliphatic carbocycles. The number of carbonyl (C=O) groups is 2. The lowest BCUT2D eigenvalue weighted by Gasteiger charge is -2.14. The Morgan fingerprint density at radius 2 is 1.88 bits per heavy atom. The number of hydrogen-bond acceptors (Lipinski definition) is 7. The van der Waals surface area contributed by atoms with Crippen LogP contribution in [0.15, 0.2) is 28.8 Å². The molecule has 0 aliphatic rings. The van der Waals surface area contributed by atoms with Gasteiger partial charge in [0.15, 0.2) is 12.7 Å². The number of hydrogen-bond donors (Lipinski definition) is 1. The fourth-order valence-electron chi connectivity index (χ4n) is 1.97. The van der Waals surface area contributed by atoms with E-state index in [4.69, 9.17) is 14.0 Å². The zero-order chi connectivity index (χ0) is 19.1. The van der Waals surface area contributed by atoms with Gasteiger partial charge in [0.05, 0.1) is 5.56 Å². The van der Waals surface area contributed by atoms with Crippen LogP contribution in [-0.4, -0.2) is 34.7 Å². The zero-order valence-corrected chi connectivity index (χ0v) is 15.3. The predicted octanol–water partition coefficient (Wildman–Crippen LogP) is 2.27. The SMILES string of the molecule is Cc1nc(COc2ccc(C(=O)OC(C)C(=O)NCC(C)C)cc2)no1. The Kier molecular flexibility index (Phi) is 6.71. The van der Waals surface area contributed by atoms with Gasteiger partial charge in [0.2, 0.25) is 11.7 Å². The van der Waals surface area contributed by atoms with E-state index in [0.29, 0.717) is 35.5 Å². The summed E-state index contributed by atoms with van der Waals surface area (Å²) in [5, 5.41) is 6.45. The van der Waals surface area contributed by atoms with Crippen molar-refractivity contribution in [3.8, 4) is 5.75 Å². The van der Waals surface area contributed by atoms with E-state index < -0.39 is 12.1 Å². The number of rotatable bonds is 8. The molecule has 1 amide bonds. The summed E-state index contributed by atoms with van der Waals surface area (Å²) in [6, 6.07) is 6.40. The van der Waals surface area contributed by atoms with Crippen LogP contribution >= 0.6 is 0 Å². The van der Waals surface area contributed by atoms with Crippen LogP contribution < -0.4 is 10.1 Å². The minimum Gasteiger partial charge on any atom is -0.485 e. The Bertz CT molecular complexity index is 740. The van der Waals surface area contributed by atoms with Gasteiger partial charge in [0, 0.05) is 13.5 Å². The summed E-state index contributed by atoms with van der Waals surface area (Å²) in [5.74, 6) is 0.887. The van der Waals surface area contributed by atoms with Crippen molar-refractivity contribution in [3.05, 3.63) is 41.5 Å². The third-order valence-electron chi connectivity index (χ3n) is 3.37. The summed E-state index contributed by atoms with van der Waals surface area (Å²) in [7, 11) is 0. The molecule has 26 heavy (non-hydrogen) atoms. The highest BCUT2D eigenvalue weighted by molar-refractivity contribution is 5.92. The van der Waals surface area contributed by atoms with Crippen LogP contribution in [0.1, 0.15) is 42.8 Å². The lowest BCUT2D eigenvalue weighted by atomic mass is 10.2. The molecule has 0 saturated heterocycles. The van der Waals surface area contributed by atoms with Gasteiger partial charge in [0.1, 0.15) is 5.75 Å². The molecule has 140 valence electrons. The summed E-state index contributed by atoms with van der Waals surface area (Å²) in [5.41, 5.74) is 0.330. The number of ether oxygens (including phenoxy) is 2. The Balaban J connectivity index is 1.84. The molecule has 1 aromatic heterocycles. The Labute approximate surface area is 151 Å². The lowest BCUT2D eigenvalue weighted by Crippen LogP contribution is -2.37. The molecule has 2 aromatic rings. The first-order valence-electron chi connectivity index (χ1n) is 8.36. The second kappa shape index (κ2) is 8.98. The first-order chi connectivity index (χ1) is 12.3. The van der Waals surface area contributed by atoms with Gasteiger partial charge in [-0.15, -0.1) is 0 Å². The second-order valence-corrected chi connectivity index (χ2v) is 6.23. The highest BCUT2D eigenvalue weighted by Crippen LogP contribution is 2.15. The fraction of sp³-hybridized carbons (Fsp3) is 0.444. The molecule has 1 heterocycles. The fourth-order valence-corrected chi connectivity index (χ4v) is 1.97. The molecule has 0 aliphatic heterocycles. The quantitative estimate of drug-likeness (QED) is 0.719. The monoisotopic (exact) mass is 361 g/mol. The van der Waals surface area contributed by atoms with Crippen molar-refractivity contribution >= 4 is 11.9 Å². The Morgan fingerprint density at radius 3 is 2.46 bits per heavy atom. The van der Waals surface area contributed by atoms with Crippen LogP contribution in [0.3, 0.4) is 0 Å². The molecule has 8 heteroatoms. The maximum absolute atomic E-state index is 12.1. The van der Waals surface area contributed by atoms with E-state index >= 15 is 0 Å². The van der Waals surface area contributed by atoms with Crippen molar-refractivity contribution in [2.75, 3.05) is 6.54 Å². The van der Waals surface area contributed by atoms with Crippen LogP contribution in [0, 0.1) is 12.8 Å². The highest BCUT2D eigenvalue weighted by atomic mass is 16.5. The van der Waals surface area contributed by atoms with E-state index in [-0.39, 0.29) is 12.5 Å². The molecule has 2 rings (SSSR count). The largest absolute Gasteiger partial charge is 0.485 e. The molecule has 0 fully saturated rings. The van der Waals surface area contributed by atoms with Crippen molar-refractivity contribution in [1.29, 1.82) is 0 Å².